The zero-order valence-corrected chi connectivity index (χ0v) is 11.9. The topological polar surface area (TPSA) is 113 Å². The Morgan fingerprint density at radius 3 is 2.41 bits per heavy atom. The van der Waals surface area contributed by atoms with Gasteiger partial charge in [0.05, 0.1) is 22.5 Å². The van der Waals surface area contributed by atoms with Gasteiger partial charge >= 0.3 is 5.97 Å². The second kappa shape index (κ2) is 6.97. The van der Waals surface area contributed by atoms with Gasteiger partial charge in [0.2, 0.25) is 0 Å². The van der Waals surface area contributed by atoms with Gasteiger partial charge in [0, 0.05) is 6.07 Å². The highest BCUT2D eigenvalue weighted by atomic mass is 16.6. The molecule has 1 fully saturated rings. The Labute approximate surface area is 126 Å². The van der Waals surface area contributed by atoms with Gasteiger partial charge in [-0.2, -0.15) is 0 Å². The van der Waals surface area contributed by atoms with Gasteiger partial charge in [0.15, 0.2) is 0 Å². The lowest BCUT2D eigenvalue weighted by Crippen LogP contribution is -2.17. The highest BCUT2D eigenvalue weighted by Gasteiger charge is 2.26. The van der Waals surface area contributed by atoms with E-state index in [1.165, 1.54) is 6.42 Å². The van der Waals surface area contributed by atoms with Crippen molar-refractivity contribution >= 4 is 17.3 Å². The Balaban J connectivity index is 2.10. The van der Waals surface area contributed by atoms with Crippen molar-refractivity contribution in [1.82, 2.24) is 0 Å². The molecule has 0 atom stereocenters. The summed E-state index contributed by atoms with van der Waals surface area (Å²) in [7, 11) is 0. The number of carbonyl (C=O) groups excluding carboxylic acids is 1. The summed E-state index contributed by atoms with van der Waals surface area (Å²) in [5, 5.41) is 21.6. The Morgan fingerprint density at radius 1 is 1.14 bits per heavy atom. The molecule has 1 aliphatic carbocycles. The van der Waals surface area contributed by atoms with Crippen LogP contribution in [0.25, 0.3) is 0 Å². The van der Waals surface area contributed by atoms with Crippen molar-refractivity contribution in [1.29, 1.82) is 0 Å². The van der Waals surface area contributed by atoms with Gasteiger partial charge in [-0.05, 0) is 24.8 Å². The summed E-state index contributed by atoms with van der Waals surface area (Å²) < 4.78 is 5.15. The number of non-ortho nitro benzene ring substituents is 1. The molecule has 0 unspecified atom stereocenters. The smallest absolute Gasteiger partial charge is 0.345 e. The first-order valence-corrected chi connectivity index (χ1v) is 7.09. The van der Waals surface area contributed by atoms with E-state index in [0.29, 0.717) is 0 Å². The van der Waals surface area contributed by atoms with E-state index in [9.17, 15) is 25.0 Å². The summed E-state index contributed by atoms with van der Waals surface area (Å²) in [4.78, 5) is 32.1. The van der Waals surface area contributed by atoms with Gasteiger partial charge in [-0.3, -0.25) is 20.2 Å². The monoisotopic (exact) mass is 308 g/mol. The SMILES string of the molecule is O=C(OCC1CCCCC1)c1ccc([N+](=O)[O-])cc1[N+](=O)[O-]. The number of hydrogen-bond acceptors (Lipinski definition) is 6. The summed E-state index contributed by atoms with van der Waals surface area (Å²) in [6.45, 7) is 0.229. The standard InChI is InChI=1S/C14H16N2O6/c17-14(22-9-10-4-2-1-3-5-10)12-7-6-11(15(18)19)8-13(12)16(20)21/h6-8,10H,1-5,9H2. The van der Waals surface area contributed by atoms with Crippen LogP contribution >= 0.6 is 0 Å². The van der Waals surface area contributed by atoms with Gasteiger partial charge in [0.1, 0.15) is 5.56 Å². The highest BCUT2D eigenvalue weighted by molar-refractivity contribution is 5.94. The number of carbonyl (C=O) groups is 1. The average molecular weight is 308 g/mol. The lowest BCUT2D eigenvalue weighted by Gasteiger charge is -2.20. The molecule has 1 aromatic carbocycles. The lowest BCUT2D eigenvalue weighted by atomic mass is 9.90. The van der Waals surface area contributed by atoms with E-state index in [1.54, 1.807) is 0 Å². The zero-order valence-electron chi connectivity index (χ0n) is 11.9. The second-order valence-electron chi connectivity index (χ2n) is 5.32. The predicted molar refractivity (Wildman–Crippen MR) is 76.6 cm³/mol. The largest absolute Gasteiger partial charge is 0.462 e. The van der Waals surface area contributed by atoms with Crippen LogP contribution in [0.2, 0.25) is 0 Å². The molecule has 0 amide bonds. The Morgan fingerprint density at radius 2 is 1.82 bits per heavy atom. The van der Waals surface area contributed by atoms with Gasteiger partial charge in [-0.1, -0.05) is 19.3 Å². The molecular weight excluding hydrogens is 292 g/mol. The van der Waals surface area contributed by atoms with Crippen molar-refractivity contribution in [3.63, 3.8) is 0 Å². The molecule has 0 heterocycles. The first-order chi connectivity index (χ1) is 10.5. The fraction of sp³-hybridized carbons (Fsp3) is 0.500. The van der Waals surface area contributed by atoms with Crippen LogP contribution in [-0.4, -0.2) is 22.4 Å². The minimum atomic E-state index is -0.815. The molecule has 1 aliphatic rings. The van der Waals surface area contributed by atoms with E-state index < -0.39 is 27.2 Å². The van der Waals surface area contributed by atoms with Crippen LogP contribution < -0.4 is 0 Å². The van der Waals surface area contributed by atoms with Gasteiger partial charge in [-0.25, -0.2) is 4.79 Å². The number of nitrogens with zero attached hydrogens (tertiary/aromatic N) is 2. The number of benzene rings is 1. The quantitative estimate of drug-likeness (QED) is 0.468. The predicted octanol–water partition coefficient (Wildman–Crippen LogP) is 3.24. The van der Waals surface area contributed by atoms with E-state index in [4.69, 9.17) is 4.74 Å². The molecule has 2 rings (SSSR count). The third-order valence-corrected chi connectivity index (χ3v) is 3.78. The maximum Gasteiger partial charge on any atom is 0.345 e. The first kappa shape index (κ1) is 15.9. The summed E-state index contributed by atoms with van der Waals surface area (Å²) in [6.07, 6.45) is 5.34. The fourth-order valence-corrected chi connectivity index (χ4v) is 2.58. The molecule has 0 aliphatic heterocycles. The molecule has 0 spiro atoms. The number of hydrogen-bond donors (Lipinski definition) is 0. The van der Waals surface area contributed by atoms with Crippen LogP contribution in [0.15, 0.2) is 18.2 Å². The number of esters is 1. The van der Waals surface area contributed by atoms with Crippen LogP contribution in [0.1, 0.15) is 42.5 Å². The summed E-state index contributed by atoms with van der Waals surface area (Å²) in [5.74, 6) is -0.526. The zero-order chi connectivity index (χ0) is 16.1. The minimum Gasteiger partial charge on any atom is -0.462 e. The lowest BCUT2D eigenvalue weighted by molar-refractivity contribution is -0.394. The molecule has 0 N–H and O–H groups in total. The molecule has 0 radical (unpaired) electrons. The van der Waals surface area contributed by atoms with Crippen LogP contribution in [0.5, 0.6) is 0 Å². The molecule has 0 saturated heterocycles. The van der Waals surface area contributed by atoms with Crippen LogP contribution in [0.4, 0.5) is 11.4 Å². The molecule has 8 heteroatoms. The summed E-state index contributed by atoms with van der Waals surface area (Å²) in [6, 6.07) is 2.90. The molecule has 1 saturated carbocycles. The Hall–Kier alpha value is -2.51. The van der Waals surface area contributed by atoms with Crippen molar-refractivity contribution < 1.29 is 19.4 Å². The number of nitro benzene ring substituents is 2. The average Bonchev–Trinajstić information content (AvgIpc) is 2.52. The number of ether oxygens (including phenoxy) is 1. The minimum absolute atomic E-state index is 0.229. The van der Waals surface area contributed by atoms with Crippen molar-refractivity contribution in [2.45, 2.75) is 32.1 Å². The van der Waals surface area contributed by atoms with E-state index in [0.717, 1.165) is 43.9 Å². The summed E-state index contributed by atoms with van der Waals surface area (Å²) >= 11 is 0. The highest BCUT2D eigenvalue weighted by Crippen LogP contribution is 2.27. The fourth-order valence-electron chi connectivity index (χ4n) is 2.58. The van der Waals surface area contributed by atoms with Gasteiger partial charge in [-0.15, -0.1) is 0 Å². The molecule has 1 aromatic rings. The maximum atomic E-state index is 12.0. The normalized spacial score (nSPS) is 15.3. The van der Waals surface area contributed by atoms with Crippen molar-refractivity contribution in [3.05, 3.63) is 44.0 Å². The van der Waals surface area contributed by atoms with Gasteiger partial charge < -0.3 is 4.74 Å². The van der Waals surface area contributed by atoms with Crippen LogP contribution in [0.3, 0.4) is 0 Å². The van der Waals surface area contributed by atoms with Crippen molar-refractivity contribution in [2.24, 2.45) is 5.92 Å². The molecule has 0 aromatic heterocycles. The molecule has 22 heavy (non-hydrogen) atoms. The second-order valence-corrected chi connectivity index (χ2v) is 5.32. The first-order valence-electron chi connectivity index (χ1n) is 7.09. The van der Waals surface area contributed by atoms with Crippen LogP contribution in [0, 0.1) is 26.1 Å². The maximum absolute atomic E-state index is 12.0. The van der Waals surface area contributed by atoms with E-state index in [-0.39, 0.29) is 18.1 Å². The van der Waals surface area contributed by atoms with E-state index in [1.807, 2.05) is 0 Å². The molecule has 8 nitrogen and oxygen atoms in total. The Kier molecular flexibility index (Phi) is 5.03. The van der Waals surface area contributed by atoms with Crippen molar-refractivity contribution in [3.8, 4) is 0 Å². The van der Waals surface area contributed by atoms with E-state index >= 15 is 0 Å². The van der Waals surface area contributed by atoms with Crippen LogP contribution in [-0.2, 0) is 4.74 Å². The number of nitro groups is 2. The third kappa shape index (κ3) is 3.78. The molecular formula is C14H16N2O6. The van der Waals surface area contributed by atoms with E-state index in [2.05, 4.69) is 0 Å². The third-order valence-electron chi connectivity index (χ3n) is 3.78. The van der Waals surface area contributed by atoms with Gasteiger partial charge in [0.25, 0.3) is 11.4 Å². The summed E-state index contributed by atoms with van der Waals surface area (Å²) in [5.41, 5.74) is -1.30. The van der Waals surface area contributed by atoms with Crippen molar-refractivity contribution in [2.75, 3.05) is 6.61 Å². The number of rotatable bonds is 5. The molecule has 0 bridgehead atoms. The Bertz CT molecular complexity index is 595. The molecule has 118 valence electrons.